The molecule has 0 spiro atoms. The Kier molecular flexibility index (Phi) is 5.75. The Morgan fingerprint density at radius 2 is 2.00 bits per heavy atom. The van der Waals surface area contributed by atoms with Crippen molar-refractivity contribution in [1.29, 1.82) is 0 Å². The lowest BCUT2D eigenvalue weighted by Gasteiger charge is -2.13. The fourth-order valence-corrected chi connectivity index (χ4v) is 4.75. The summed E-state index contributed by atoms with van der Waals surface area (Å²) in [6.07, 6.45) is 0. The van der Waals surface area contributed by atoms with Gasteiger partial charge in [-0.25, -0.2) is 22.5 Å². The molecule has 0 N–H and O–H groups in total. The quantitative estimate of drug-likeness (QED) is 0.565. The third-order valence-corrected chi connectivity index (χ3v) is 7.31. The summed E-state index contributed by atoms with van der Waals surface area (Å²) < 4.78 is 31.0. The molecule has 9 heteroatoms. The number of sulfonamides is 1. The van der Waals surface area contributed by atoms with Crippen molar-refractivity contribution < 1.29 is 17.9 Å². The predicted molar refractivity (Wildman–Crippen MR) is 107 cm³/mol. The molecule has 3 rings (SSSR count). The first-order chi connectivity index (χ1) is 12.8. The van der Waals surface area contributed by atoms with Gasteiger partial charge in [-0.1, -0.05) is 6.07 Å². The number of carbonyl (C=O) groups is 1. The number of ether oxygens (including phenoxy) is 1. The maximum Gasteiger partial charge on any atom is 0.338 e. The van der Waals surface area contributed by atoms with Crippen LogP contribution in [0.15, 0.2) is 45.3 Å². The average Bonchev–Trinajstić information content (AvgIpc) is 3.31. The first kappa shape index (κ1) is 19.7. The summed E-state index contributed by atoms with van der Waals surface area (Å²) in [5.41, 5.74) is 2.57. The molecule has 0 saturated carbocycles. The number of hydrogen-bond acceptors (Lipinski definition) is 7. The summed E-state index contributed by atoms with van der Waals surface area (Å²) >= 11 is 3.08. The molecule has 0 fully saturated rings. The monoisotopic (exact) mass is 422 g/mol. The molecule has 0 unspecified atom stereocenters. The van der Waals surface area contributed by atoms with E-state index in [4.69, 9.17) is 4.74 Å². The zero-order valence-corrected chi connectivity index (χ0v) is 17.5. The van der Waals surface area contributed by atoms with Crippen LogP contribution in [0.1, 0.15) is 21.6 Å². The number of thiazole rings is 1. The second kappa shape index (κ2) is 7.89. The standard InChI is InChI=1S/C18H18N2O4S3/c1-12-4-5-15(27(22,23)20(2)3)8-16(12)18(21)24-9-14-11-26-17(19-14)13-6-7-25-10-13/h4-8,10-11H,9H2,1-3H3. The summed E-state index contributed by atoms with van der Waals surface area (Å²) in [4.78, 5) is 17.0. The minimum absolute atomic E-state index is 0.0313. The van der Waals surface area contributed by atoms with Gasteiger partial charge in [0.15, 0.2) is 0 Å². The van der Waals surface area contributed by atoms with Crippen molar-refractivity contribution in [3.8, 4) is 10.6 Å². The van der Waals surface area contributed by atoms with Gasteiger partial charge < -0.3 is 4.74 Å². The number of nitrogens with zero attached hydrogens (tertiary/aromatic N) is 2. The Labute approximate surface area is 166 Å². The maximum atomic E-state index is 12.5. The van der Waals surface area contributed by atoms with E-state index >= 15 is 0 Å². The number of aromatic nitrogens is 1. The second-order valence-electron chi connectivity index (χ2n) is 6.00. The highest BCUT2D eigenvalue weighted by molar-refractivity contribution is 7.89. The molecule has 0 saturated heterocycles. The molecule has 2 aromatic heterocycles. The van der Waals surface area contributed by atoms with Crippen LogP contribution in [0, 0.1) is 6.92 Å². The minimum Gasteiger partial charge on any atom is -0.456 e. The molecule has 0 atom stereocenters. The van der Waals surface area contributed by atoms with Crippen molar-refractivity contribution in [2.75, 3.05) is 14.1 Å². The van der Waals surface area contributed by atoms with Crippen LogP contribution in [0.5, 0.6) is 0 Å². The number of esters is 1. The number of aryl methyl sites for hydroxylation is 1. The number of thiophene rings is 1. The van der Waals surface area contributed by atoms with Gasteiger partial charge in [-0.3, -0.25) is 0 Å². The SMILES string of the molecule is Cc1ccc(S(=O)(=O)N(C)C)cc1C(=O)OCc1csc(-c2ccsc2)n1. The van der Waals surface area contributed by atoms with Gasteiger partial charge >= 0.3 is 5.97 Å². The molecule has 0 radical (unpaired) electrons. The Morgan fingerprint density at radius 1 is 1.22 bits per heavy atom. The van der Waals surface area contributed by atoms with Gasteiger partial charge in [-0.15, -0.1) is 11.3 Å². The van der Waals surface area contributed by atoms with Crippen molar-refractivity contribution in [1.82, 2.24) is 9.29 Å². The highest BCUT2D eigenvalue weighted by Gasteiger charge is 2.21. The number of carbonyl (C=O) groups excluding carboxylic acids is 1. The normalized spacial score (nSPS) is 11.7. The van der Waals surface area contributed by atoms with Crippen LogP contribution in [0.4, 0.5) is 0 Å². The van der Waals surface area contributed by atoms with Crippen LogP contribution in [0.2, 0.25) is 0 Å². The molecule has 0 aliphatic carbocycles. The van der Waals surface area contributed by atoms with E-state index in [2.05, 4.69) is 4.98 Å². The van der Waals surface area contributed by atoms with Gasteiger partial charge in [0, 0.05) is 30.4 Å². The lowest BCUT2D eigenvalue weighted by molar-refractivity contribution is 0.0467. The smallest absolute Gasteiger partial charge is 0.338 e. The summed E-state index contributed by atoms with van der Waals surface area (Å²) in [6, 6.07) is 6.42. The Hall–Kier alpha value is -2.07. The highest BCUT2D eigenvalue weighted by Crippen LogP contribution is 2.26. The lowest BCUT2D eigenvalue weighted by Crippen LogP contribution is -2.22. The number of hydrogen-bond donors (Lipinski definition) is 0. The Balaban J connectivity index is 1.75. The summed E-state index contributed by atoms with van der Waals surface area (Å²) in [6.45, 7) is 1.77. The van der Waals surface area contributed by atoms with Crippen LogP contribution in [0.3, 0.4) is 0 Å². The van der Waals surface area contributed by atoms with Crippen LogP contribution in [-0.4, -0.2) is 37.8 Å². The topological polar surface area (TPSA) is 76.6 Å². The zero-order chi connectivity index (χ0) is 19.6. The first-order valence-electron chi connectivity index (χ1n) is 7.96. The van der Waals surface area contributed by atoms with Gasteiger partial charge in [-0.05, 0) is 36.1 Å². The number of benzene rings is 1. The summed E-state index contributed by atoms with van der Waals surface area (Å²) in [5, 5.41) is 6.71. The van der Waals surface area contributed by atoms with Gasteiger partial charge in [0.2, 0.25) is 10.0 Å². The van der Waals surface area contributed by atoms with E-state index in [-0.39, 0.29) is 17.1 Å². The van der Waals surface area contributed by atoms with Crippen molar-refractivity contribution in [3.05, 3.63) is 57.2 Å². The van der Waals surface area contributed by atoms with E-state index in [0.29, 0.717) is 11.3 Å². The molecular formula is C18H18N2O4S3. The van der Waals surface area contributed by atoms with Crippen molar-refractivity contribution in [2.45, 2.75) is 18.4 Å². The minimum atomic E-state index is -3.62. The molecule has 27 heavy (non-hydrogen) atoms. The second-order valence-corrected chi connectivity index (χ2v) is 9.79. The highest BCUT2D eigenvalue weighted by atomic mass is 32.2. The Bertz CT molecular complexity index is 1050. The maximum absolute atomic E-state index is 12.5. The third-order valence-electron chi connectivity index (χ3n) is 3.88. The summed E-state index contributed by atoms with van der Waals surface area (Å²) in [7, 11) is -0.733. The van der Waals surface area contributed by atoms with Crippen molar-refractivity contribution >= 4 is 38.7 Å². The Morgan fingerprint density at radius 3 is 2.67 bits per heavy atom. The van der Waals surface area contributed by atoms with E-state index in [1.54, 1.807) is 24.3 Å². The molecule has 2 heterocycles. The molecule has 0 bridgehead atoms. The van der Waals surface area contributed by atoms with Crippen LogP contribution in [0.25, 0.3) is 10.6 Å². The van der Waals surface area contributed by atoms with Gasteiger partial charge in [0.25, 0.3) is 0 Å². The molecule has 0 amide bonds. The first-order valence-corrected chi connectivity index (χ1v) is 11.2. The summed E-state index contributed by atoms with van der Waals surface area (Å²) in [5.74, 6) is -0.576. The molecule has 3 aromatic rings. The van der Waals surface area contributed by atoms with E-state index < -0.39 is 16.0 Å². The van der Waals surface area contributed by atoms with E-state index in [9.17, 15) is 13.2 Å². The molecular weight excluding hydrogens is 404 g/mol. The fraction of sp³-hybridized carbons (Fsp3) is 0.222. The molecule has 142 valence electrons. The zero-order valence-electron chi connectivity index (χ0n) is 15.0. The largest absolute Gasteiger partial charge is 0.456 e. The van der Waals surface area contributed by atoms with Gasteiger partial charge in [-0.2, -0.15) is 11.3 Å². The molecule has 0 aliphatic heterocycles. The molecule has 6 nitrogen and oxygen atoms in total. The fourth-order valence-electron chi connectivity index (χ4n) is 2.30. The predicted octanol–water partition coefficient (Wildman–Crippen LogP) is 3.79. The van der Waals surface area contributed by atoms with E-state index in [1.807, 2.05) is 22.2 Å². The molecule has 0 aliphatic rings. The van der Waals surface area contributed by atoms with Crippen molar-refractivity contribution in [2.24, 2.45) is 0 Å². The third kappa shape index (κ3) is 4.27. The molecule has 1 aromatic carbocycles. The van der Waals surface area contributed by atoms with E-state index in [1.165, 1.54) is 37.6 Å². The van der Waals surface area contributed by atoms with Crippen LogP contribution < -0.4 is 0 Å². The van der Waals surface area contributed by atoms with Crippen LogP contribution in [-0.2, 0) is 21.4 Å². The van der Waals surface area contributed by atoms with Crippen LogP contribution >= 0.6 is 22.7 Å². The lowest BCUT2D eigenvalue weighted by atomic mass is 10.1. The average molecular weight is 423 g/mol. The van der Waals surface area contributed by atoms with Gasteiger partial charge in [0.05, 0.1) is 16.2 Å². The number of rotatable bonds is 6. The van der Waals surface area contributed by atoms with Gasteiger partial charge in [0.1, 0.15) is 11.6 Å². The van der Waals surface area contributed by atoms with Crippen molar-refractivity contribution in [3.63, 3.8) is 0 Å². The van der Waals surface area contributed by atoms with E-state index in [0.717, 1.165) is 14.9 Å².